The summed E-state index contributed by atoms with van der Waals surface area (Å²) >= 11 is 0. The molecule has 0 aromatic carbocycles. The first-order valence-electron chi connectivity index (χ1n) is 26.7. The predicted molar refractivity (Wildman–Crippen MR) is 272 cm³/mol. The van der Waals surface area contributed by atoms with E-state index < -0.39 is 17.9 Å². The lowest BCUT2D eigenvalue weighted by Gasteiger charge is -2.32. The van der Waals surface area contributed by atoms with E-state index in [1.807, 2.05) is 4.90 Å². The van der Waals surface area contributed by atoms with Crippen molar-refractivity contribution in [2.75, 3.05) is 237 Å². The lowest BCUT2D eigenvalue weighted by atomic mass is 10.1. The van der Waals surface area contributed by atoms with Crippen LogP contribution in [0.2, 0.25) is 0 Å². The smallest absolute Gasteiger partial charge is 0.317 e. The molecule has 1 saturated heterocycles. The van der Waals surface area contributed by atoms with Crippen LogP contribution in [0.15, 0.2) is 12.2 Å². The van der Waals surface area contributed by atoms with Crippen LogP contribution in [0.3, 0.4) is 0 Å². The Labute approximate surface area is 442 Å². The fraction of sp³-hybridized carbons (Fsp3) is 0.860. The Morgan fingerprint density at radius 1 is 0.360 bits per heavy atom. The first-order chi connectivity index (χ1) is 36.6. The maximum absolute atomic E-state index is 12.8. The number of carboxylic acid groups (broad SMARTS) is 3. The lowest BCUT2D eigenvalue weighted by Crippen LogP contribution is -2.50. The fourth-order valence-electron chi connectivity index (χ4n) is 8.41. The van der Waals surface area contributed by atoms with Crippen molar-refractivity contribution in [3.05, 3.63) is 12.2 Å². The normalized spacial score (nSPS) is 19.8. The van der Waals surface area contributed by atoms with Gasteiger partial charge < -0.3 is 78.1 Å². The summed E-state index contributed by atoms with van der Waals surface area (Å²) in [5.41, 5.74) is 0. The number of ether oxygens (including phenoxy) is 11. The first kappa shape index (κ1) is 65.8. The Morgan fingerprint density at radius 3 is 0.867 bits per heavy atom. The minimum Gasteiger partial charge on any atom is -0.480 e. The van der Waals surface area contributed by atoms with Gasteiger partial charge in [0.15, 0.2) is 0 Å². The van der Waals surface area contributed by atoms with Gasteiger partial charge in [0.25, 0.3) is 0 Å². The standard InChI is InChI=1S/C50H90N6O19/c57-45(39-53-9-11-54(40-46(58)59)13-15-56(42-48(62)63)16-14-55(12-10-53)41-47(60)61)51-7-17-65-19-21-67-23-25-69-27-29-71-31-33-73-35-37-75-38-36-74-34-32-72-30-28-70-26-24-68-22-20-66-18-8-52-50(64)49-43-5-3-1-2-4-6-44(43)49/h1-2,43-44,49H,3-42H2,(H,51,57)(H,52,64)(H,58,59)(H,60,61)(H,62,63)/b2-1-/t43-,44+,49?. The van der Waals surface area contributed by atoms with E-state index in [2.05, 4.69) is 22.8 Å². The molecule has 0 aromatic rings. The topological polar surface area (TPSA) is 285 Å². The number of hydrogen-bond acceptors (Lipinski definition) is 20. The van der Waals surface area contributed by atoms with E-state index in [0.717, 1.165) is 25.7 Å². The molecule has 25 nitrogen and oxygen atoms in total. The van der Waals surface area contributed by atoms with Crippen LogP contribution in [0.4, 0.5) is 0 Å². The predicted octanol–water partition coefficient (Wildman–Crippen LogP) is -1.13. The number of carboxylic acids is 3. The van der Waals surface area contributed by atoms with Crippen molar-refractivity contribution in [1.29, 1.82) is 0 Å². The van der Waals surface area contributed by atoms with Gasteiger partial charge in [0.2, 0.25) is 11.8 Å². The molecule has 1 unspecified atom stereocenters. The number of nitrogens with zero attached hydrogens (tertiary/aromatic N) is 4. The van der Waals surface area contributed by atoms with Crippen LogP contribution in [0.5, 0.6) is 0 Å². The van der Waals surface area contributed by atoms with Gasteiger partial charge in [0, 0.05) is 71.4 Å². The van der Waals surface area contributed by atoms with Gasteiger partial charge in [-0.25, -0.2) is 0 Å². The molecule has 2 amide bonds. The maximum Gasteiger partial charge on any atom is 0.317 e. The summed E-state index contributed by atoms with van der Waals surface area (Å²) in [5, 5.41) is 34.0. The number of hydrogen-bond donors (Lipinski definition) is 5. The third-order valence-corrected chi connectivity index (χ3v) is 12.3. The molecule has 75 heavy (non-hydrogen) atoms. The highest BCUT2D eigenvalue weighted by molar-refractivity contribution is 5.82. The van der Waals surface area contributed by atoms with Gasteiger partial charge in [-0.15, -0.1) is 0 Å². The minimum absolute atomic E-state index is 0.0299. The molecule has 1 aliphatic heterocycles. The zero-order chi connectivity index (χ0) is 53.8. The van der Waals surface area contributed by atoms with E-state index in [-0.39, 0.29) is 57.1 Å². The summed E-state index contributed by atoms with van der Waals surface area (Å²) in [5.74, 6) is -1.81. The monoisotopic (exact) mass is 1080 g/mol. The third kappa shape index (κ3) is 36.3. The van der Waals surface area contributed by atoms with E-state index >= 15 is 0 Å². The van der Waals surface area contributed by atoms with Crippen LogP contribution in [0.25, 0.3) is 0 Å². The summed E-state index contributed by atoms with van der Waals surface area (Å²) in [6.07, 6.45) is 8.90. The quantitative estimate of drug-likeness (QED) is 0.0356. The molecule has 3 aliphatic rings. The molecule has 0 radical (unpaired) electrons. The van der Waals surface area contributed by atoms with E-state index in [4.69, 9.17) is 52.1 Å². The Bertz CT molecular complexity index is 1490. The second-order valence-electron chi connectivity index (χ2n) is 18.1. The van der Waals surface area contributed by atoms with Crippen LogP contribution >= 0.6 is 0 Å². The van der Waals surface area contributed by atoms with Gasteiger partial charge >= 0.3 is 17.9 Å². The van der Waals surface area contributed by atoms with Crippen molar-refractivity contribution in [2.45, 2.75) is 25.7 Å². The second-order valence-corrected chi connectivity index (χ2v) is 18.1. The van der Waals surface area contributed by atoms with E-state index in [9.17, 15) is 39.3 Å². The van der Waals surface area contributed by atoms with Gasteiger partial charge in [0.05, 0.1) is 172 Å². The third-order valence-electron chi connectivity index (χ3n) is 12.3. The largest absolute Gasteiger partial charge is 0.480 e. The summed E-state index contributed by atoms with van der Waals surface area (Å²) in [7, 11) is 0. The van der Waals surface area contributed by atoms with E-state index in [1.54, 1.807) is 14.7 Å². The molecule has 0 spiro atoms. The Morgan fingerprint density at radius 2 is 0.600 bits per heavy atom. The summed E-state index contributed by atoms with van der Waals surface area (Å²) in [4.78, 5) is 66.6. The molecule has 25 heteroatoms. The van der Waals surface area contributed by atoms with Crippen LogP contribution in [0.1, 0.15) is 25.7 Å². The summed E-state index contributed by atoms with van der Waals surface area (Å²) in [6, 6.07) is 0. The van der Waals surface area contributed by atoms with E-state index in [0.29, 0.717) is 209 Å². The zero-order valence-electron chi connectivity index (χ0n) is 44.3. The molecular formula is C50H90N6O19. The number of fused-ring (bicyclic) bond motifs is 1. The number of amides is 2. The average Bonchev–Trinajstić information content (AvgIpc) is 4.05. The Kier molecular flexibility index (Phi) is 39.0. The Hall–Kier alpha value is -3.51. The van der Waals surface area contributed by atoms with Gasteiger partial charge in [-0.2, -0.15) is 0 Å². The first-order valence-corrected chi connectivity index (χ1v) is 26.7. The number of carbonyl (C=O) groups is 5. The van der Waals surface area contributed by atoms with Crippen molar-refractivity contribution >= 4 is 29.7 Å². The van der Waals surface area contributed by atoms with Crippen LogP contribution < -0.4 is 10.6 Å². The van der Waals surface area contributed by atoms with Gasteiger partial charge in [-0.05, 0) is 37.5 Å². The van der Waals surface area contributed by atoms with Crippen LogP contribution in [-0.4, -0.2) is 302 Å². The van der Waals surface area contributed by atoms with Crippen molar-refractivity contribution in [3.8, 4) is 0 Å². The molecule has 2 fully saturated rings. The van der Waals surface area contributed by atoms with Crippen molar-refractivity contribution in [1.82, 2.24) is 30.2 Å². The average molecular weight is 1080 g/mol. The van der Waals surface area contributed by atoms with Gasteiger partial charge in [0.1, 0.15) is 0 Å². The summed E-state index contributed by atoms with van der Waals surface area (Å²) in [6.45, 7) is 12.3. The van der Waals surface area contributed by atoms with Crippen molar-refractivity contribution < 1.29 is 91.4 Å². The highest BCUT2D eigenvalue weighted by atomic mass is 16.6. The Balaban J connectivity index is 0.991. The molecule has 1 heterocycles. The molecule has 434 valence electrons. The van der Waals surface area contributed by atoms with Crippen molar-refractivity contribution in [3.63, 3.8) is 0 Å². The molecule has 0 aromatic heterocycles. The zero-order valence-corrected chi connectivity index (χ0v) is 44.3. The molecule has 2 aliphatic carbocycles. The van der Waals surface area contributed by atoms with Crippen LogP contribution in [0, 0.1) is 17.8 Å². The molecule has 3 rings (SSSR count). The van der Waals surface area contributed by atoms with E-state index in [1.165, 1.54) is 0 Å². The van der Waals surface area contributed by atoms with Gasteiger partial charge in [-0.3, -0.25) is 43.6 Å². The molecule has 1 saturated carbocycles. The highest BCUT2D eigenvalue weighted by Gasteiger charge is 2.53. The van der Waals surface area contributed by atoms with Crippen molar-refractivity contribution in [2.24, 2.45) is 17.8 Å². The minimum atomic E-state index is -1.02. The fourth-order valence-corrected chi connectivity index (χ4v) is 8.41. The number of rotatable bonds is 45. The number of nitrogens with one attached hydrogen (secondary N) is 2. The maximum atomic E-state index is 12.8. The van der Waals surface area contributed by atoms with Gasteiger partial charge in [-0.1, -0.05) is 12.2 Å². The SMILES string of the molecule is O=C(O)CN1CCN(CC(=O)O)CCN(CC(=O)NCCOCCOCCOCCOCCOCCOCCOCCOCCOCCOCCOCCNC(=O)C2[C@H]3CC/C=C\CC[C@@H]23)CCN(CC(=O)O)CC1. The second kappa shape index (κ2) is 44.5. The number of carbonyl (C=O) groups excluding carboxylic acids is 2. The number of allylic oxidation sites excluding steroid dienone is 2. The lowest BCUT2D eigenvalue weighted by molar-refractivity contribution is -0.140. The molecule has 5 N–H and O–H groups in total. The highest BCUT2D eigenvalue weighted by Crippen LogP contribution is 2.52. The molecule has 3 atom stereocenters. The number of aliphatic carboxylic acids is 3. The molecular weight excluding hydrogens is 989 g/mol. The molecule has 0 bridgehead atoms. The van der Waals surface area contributed by atoms with Crippen LogP contribution in [-0.2, 0) is 76.1 Å². The summed E-state index contributed by atoms with van der Waals surface area (Å²) < 4.78 is 60.8.